The average Bonchev–Trinajstić information content (AvgIpc) is 2.52. The van der Waals surface area contributed by atoms with Gasteiger partial charge in [-0.1, -0.05) is 5.11 Å². The standard InChI is InChI=1S/C12H12F3N5O2/c13-12(14,15)8-5-9(20-1-3-22-4-2-20)11(17-6-8)10(21)7-18-19-16/h5-6H,1-4,7H2. The van der Waals surface area contributed by atoms with Gasteiger partial charge in [0.2, 0.25) is 0 Å². The highest BCUT2D eigenvalue weighted by Gasteiger charge is 2.33. The summed E-state index contributed by atoms with van der Waals surface area (Å²) in [5, 5.41) is 3.13. The SMILES string of the molecule is [N-]=[N+]=NCC(=O)c1ncc(C(F)(F)F)cc1N1CCOCC1. The zero-order chi connectivity index (χ0) is 16.2. The van der Waals surface area contributed by atoms with Gasteiger partial charge in [0, 0.05) is 24.2 Å². The van der Waals surface area contributed by atoms with Crippen molar-refractivity contribution in [2.45, 2.75) is 6.18 Å². The first-order chi connectivity index (χ1) is 10.4. The van der Waals surface area contributed by atoms with Crippen molar-refractivity contribution in [1.82, 2.24) is 4.98 Å². The lowest BCUT2D eigenvalue weighted by atomic mass is 10.1. The molecule has 2 rings (SSSR count). The number of alkyl halides is 3. The minimum absolute atomic E-state index is 0.0799. The number of hydrogen-bond acceptors (Lipinski definition) is 5. The van der Waals surface area contributed by atoms with Gasteiger partial charge in [-0.15, -0.1) is 0 Å². The summed E-state index contributed by atoms with van der Waals surface area (Å²) in [5.41, 5.74) is 7.25. The van der Waals surface area contributed by atoms with E-state index in [0.29, 0.717) is 32.5 Å². The lowest BCUT2D eigenvalue weighted by molar-refractivity contribution is -0.137. The number of aromatic nitrogens is 1. The lowest BCUT2D eigenvalue weighted by Crippen LogP contribution is -2.37. The number of nitrogens with zero attached hydrogens (tertiary/aromatic N) is 5. The quantitative estimate of drug-likeness (QED) is 0.369. The number of carbonyl (C=O) groups is 1. The fourth-order valence-electron chi connectivity index (χ4n) is 2.04. The van der Waals surface area contributed by atoms with Gasteiger partial charge in [-0.3, -0.25) is 9.78 Å². The van der Waals surface area contributed by atoms with Crippen LogP contribution in [0.3, 0.4) is 0 Å². The third kappa shape index (κ3) is 3.66. The largest absolute Gasteiger partial charge is 0.417 e. The van der Waals surface area contributed by atoms with E-state index in [1.165, 1.54) is 0 Å². The van der Waals surface area contributed by atoms with Gasteiger partial charge in [0.25, 0.3) is 0 Å². The van der Waals surface area contributed by atoms with Gasteiger partial charge in [0.15, 0.2) is 5.78 Å². The van der Waals surface area contributed by atoms with Crippen LogP contribution in [-0.2, 0) is 10.9 Å². The highest BCUT2D eigenvalue weighted by Crippen LogP contribution is 2.32. The normalized spacial score (nSPS) is 15.3. The summed E-state index contributed by atoms with van der Waals surface area (Å²) < 4.78 is 43.7. The van der Waals surface area contributed by atoms with Gasteiger partial charge in [0.05, 0.1) is 31.0 Å². The van der Waals surface area contributed by atoms with Crippen molar-refractivity contribution in [3.8, 4) is 0 Å². The number of ether oxygens (including phenoxy) is 1. The summed E-state index contributed by atoms with van der Waals surface area (Å²) in [5.74, 6) is -0.631. The van der Waals surface area contributed by atoms with Gasteiger partial charge in [-0.25, -0.2) is 0 Å². The van der Waals surface area contributed by atoms with Crippen LogP contribution < -0.4 is 4.90 Å². The average molecular weight is 315 g/mol. The molecule has 0 atom stereocenters. The Morgan fingerprint density at radius 3 is 2.73 bits per heavy atom. The molecule has 10 heteroatoms. The Labute approximate surface area is 123 Å². The smallest absolute Gasteiger partial charge is 0.378 e. The number of pyridine rings is 1. The minimum Gasteiger partial charge on any atom is -0.378 e. The van der Waals surface area contributed by atoms with Gasteiger partial charge >= 0.3 is 6.18 Å². The summed E-state index contributed by atoms with van der Waals surface area (Å²) >= 11 is 0. The van der Waals surface area contributed by atoms with Crippen molar-refractivity contribution in [1.29, 1.82) is 0 Å². The van der Waals surface area contributed by atoms with E-state index in [-0.39, 0.29) is 11.4 Å². The summed E-state index contributed by atoms with van der Waals surface area (Å²) in [6.45, 7) is 0.905. The van der Waals surface area contributed by atoms with Gasteiger partial charge in [0.1, 0.15) is 5.69 Å². The van der Waals surface area contributed by atoms with Crippen LogP contribution in [0.4, 0.5) is 18.9 Å². The maximum atomic E-state index is 12.8. The first-order valence-electron chi connectivity index (χ1n) is 6.37. The van der Waals surface area contributed by atoms with Gasteiger partial charge in [-0.05, 0) is 11.6 Å². The molecular formula is C12H12F3N5O2. The minimum atomic E-state index is -4.56. The van der Waals surface area contributed by atoms with E-state index >= 15 is 0 Å². The van der Waals surface area contributed by atoms with Crippen LogP contribution in [0.2, 0.25) is 0 Å². The molecule has 1 fully saturated rings. The molecule has 22 heavy (non-hydrogen) atoms. The first-order valence-corrected chi connectivity index (χ1v) is 6.37. The monoisotopic (exact) mass is 315 g/mol. The number of Topliss-reactive ketones (excluding diaryl/α,β-unsaturated/α-hetero) is 1. The van der Waals surface area contributed by atoms with Crippen molar-refractivity contribution >= 4 is 11.5 Å². The topological polar surface area (TPSA) is 91.2 Å². The van der Waals surface area contributed by atoms with Crippen LogP contribution >= 0.6 is 0 Å². The molecule has 0 spiro atoms. The molecule has 2 heterocycles. The maximum absolute atomic E-state index is 12.8. The van der Waals surface area contributed by atoms with Crippen molar-refractivity contribution in [3.05, 3.63) is 34.0 Å². The summed E-state index contributed by atoms with van der Waals surface area (Å²) in [7, 11) is 0. The number of azide groups is 1. The molecule has 1 aliphatic heterocycles. The molecule has 0 aliphatic carbocycles. The van der Waals surface area contributed by atoms with Crippen LogP contribution in [0, 0.1) is 0 Å². The number of anilines is 1. The molecule has 0 amide bonds. The summed E-state index contributed by atoms with van der Waals surface area (Å²) in [6, 6.07) is 0.891. The van der Waals surface area contributed by atoms with Crippen LogP contribution in [0.15, 0.2) is 17.4 Å². The van der Waals surface area contributed by atoms with Crippen molar-refractivity contribution in [2.75, 3.05) is 37.7 Å². The second kappa shape index (κ2) is 6.63. The molecular weight excluding hydrogens is 303 g/mol. The number of carbonyl (C=O) groups excluding carboxylic acids is 1. The Morgan fingerprint density at radius 2 is 2.14 bits per heavy atom. The van der Waals surface area contributed by atoms with Crippen LogP contribution in [0.1, 0.15) is 16.1 Å². The lowest BCUT2D eigenvalue weighted by Gasteiger charge is -2.30. The molecule has 0 radical (unpaired) electrons. The third-order valence-corrected chi connectivity index (χ3v) is 3.09. The Kier molecular flexibility index (Phi) is 4.84. The van der Waals surface area contributed by atoms with E-state index in [4.69, 9.17) is 10.3 Å². The van der Waals surface area contributed by atoms with Crippen molar-refractivity contribution in [2.24, 2.45) is 5.11 Å². The molecule has 0 N–H and O–H groups in total. The number of morpholine rings is 1. The molecule has 0 saturated carbocycles. The molecule has 118 valence electrons. The molecule has 7 nitrogen and oxygen atoms in total. The van der Waals surface area contributed by atoms with E-state index < -0.39 is 24.1 Å². The van der Waals surface area contributed by atoms with Crippen molar-refractivity contribution in [3.63, 3.8) is 0 Å². The maximum Gasteiger partial charge on any atom is 0.417 e. The van der Waals surface area contributed by atoms with E-state index in [9.17, 15) is 18.0 Å². The van der Waals surface area contributed by atoms with E-state index in [1.807, 2.05) is 0 Å². The van der Waals surface area contributed by atoms with Crippen molar-refractivity contribution < 1.29 is 22.7 Å². The number of hydrogen-bond donors (Lipinski definition) is 0. The third-order valence-electron chi connectivity index (χ3n) is 3.09. The number of halogens is 3. The van der Waals surface area contributed by atoms with E-state index in [1.54, 1.807) is 4.90 Å². The molecule has 1 aliphatic rings. The molecule has 1 saturated heterocycles. The fourth-order valence-corrected chi connectivity index (χ4v) is 2.04. The zero-order valence-corrected chi connectivity index (χ0v) is 11.4. The van der Waals surface area contributed by atoms with Crippen LogP contribution in [-0.4, -0.2) is 43.6 Å². The van der Waals surface area contributed by atoms with Gasteiger partial charge in [-0.2, -0.15) is 13.2 Å². The first kappa shape index (κ1) is 16.1. The molecule has 1 aromatic rings. The van der Waals surface area contributed by atoms with Gasteiger partial charge < -0.3 is 9.64 Å². The Morgan fingerprint density at radius 1 is 1.45 bits per heavy atom. The predicted octanol–water partition coefficient (Wildman–Crippen LogP) is 2.43. The van der Waals surface area contributed by atoms with Crippen LogP contribution in [0.5, 0.6) is 0 Å². The van der Waals surface area contributed by atoms with Crippen LogP contribution in [0.25, 0.3) is 10.4 Å². The molecule has 0 unspecified atom stereocenters. The second-order valence-electron chi connectivity index (χ2n) is 4.50. The Bertz CT molecular complexity index is 607. The summed E-state index contributed by atoms with van der Waals surface area (Å²) in [4.78, 5) is 19.7. The number of rotatable bonds is 4. The molecule has 1 aromatic heterocycles. The number of ketones is 1. The highest BCUT2D eigenvalue weighted by molar-refractivity contribution is 6.01. The Balaban J connectivity index is 2.42. The fraction of sp³-hybridized carbons (Fsp3) is 0.500. The highest BCUT2D eigenvalue weighted by atomic mass is 19.4. The molecule has 0 bridgehead atoms. The zero-order valence-electron chi connectivity index (χ0n) is 11.4. The summed E-state index contributed by atoms with van der Waals surface area (Å²) in [6.07, 6.45) is -3.95. The van der Waals surface area contributed by atoms with E-state index in [2.05, 4.69) is 15.0 Å². The molecule has 0 aromatic carbocycles. The predicted molar refractivity (Wildman–Crippen MR) is 70.6 cm³/mol. The van der Waals surface area contributed by atoms with E-state index in [0.717, 1.165) is 6.07 Å². The second-order valence-corrected chi connectivity index (χ2v) is 4.50. The Hall–Kier alpha value is -2.32.